The number of nitrogens with one attached hydrogen (secondary N) is 1. The Morgan fingerprint density at radius 1 is 0.698 bits per heavy atom. The lowest BCUT2D eigenvalue weighted by molar-refractivity contribution is -0.320. The van der Waals surface area contributed by atoms with Gasteiger partial charge in [0.2, 0.25) is 5.91 Å². The number of carbonyl (C=O) groups excluding carboxylic acids is 1. The van der Waals surface area contributed by atoms with Crippen molar-refractivity contribution < 1.29 is 78.8 Å². The molecule has 15 unspecified atom stereocenters. The lowest BCUT2D eigenvalue weighted by atomic mass is 9.96. The number of ether oxygens (including phenoxy) is 7. The predicted molar refractivity (Wildman–Crippen MR) is 141 cm³/mol. The Balaban J connectivity index is 1.61. The van der Waals surface area contributed by atoms with Crippen LogP contribution in [0.25, 0.3) is 0 Å². The molecule has 250 valence electrons. The molecular formula is C26H45NO16. The van der Waals surface area contributed by atoms with Gasteiger partial charge in [0, 0.05) is 7.11 Å². The number of rotatable bonds is 14. The van der Waals surface area contributed by atoms with Gasteiger partial charge in [0.05, 0.1) is 31.5 Å². The molecule has 3 fully saturated rings. The lowest BCUT2D eigenvalue weighted by Gasteiger charge is -2.43. The van der Waals surface area contributed by atoms with Crippen molar-refractivity contribution in [1.82, 2.24) is 5.32 Å². The number of aliphatic hydroxyl groups excluding tert-OH is 8. The van der Waals surface area contributed by atoms with Gasteiger partial charge in [-0.3, -0.25) is 4.79 Å². The molecule has 0 radical (unpaired) electrons. The minimum atomic E-state index is -1.56. The van der Waals surface area contributed by atoms with E-state index in [2.05, 4.69) is 11.9 Å². The van der Waals surface area contributed by atoms with Crippen LogP contribution in [0, 0.1) is 0 Å². The first kappa shape index (κ1) is 36.1. The first-order valence-corrected chi connectivity index (χ1v) is 14.1. The Morgan fingerprint density at radius 2 is 1.19 bits per heavy atom. The molecule has 0 saturated carbocycles. The van der Waals surface area contributed by atoms with Crippen LogP contribution in [0.5, 0.6) is 0 Å². The molecule has 3 heterocycles. The van der Waals surface area contributed by atoms with E-state index in [1.54, 1.807) is 6.92 Å². The molecule has 0 aromatic carbocycles. The Morgan fingerprint density at radius 3 is 1.74 bits per heavy atom. The fraction of sp³-hybridized carbons (Fsp3) is 0.885. The maximum atomic E-state index is 11.5. The summed E-state index contributed by atoms with van der Waals surface area (Å²) in [7, 11) is 1.26. The van der Waals surface area contributed by atoms with Crippen molar-refractivity contribution in [2.75, 3.05) is 27.1 Å². The number of aliphatic hydroxyl groups is 8. The van der Waals surface area contributed by atoms with Crippen LogP contribution in [0.2, 0.25) is 0 Å². The van der Waals surface area contributed by atoms with Crippen molar-refractivity contribution in [2.24, 2.45) is 0 Å². The van der Waals surface area contributed by atoms with Crippen LogP contribution in [0.15, 0.2) is 12.7 Å². The highest BCUT2D eigenvalue weighted by atomic mass is 16.7. The lowest BCUT2D eigenvalue weighted by Crippen LogP contribution is -2.60. The molecule has 0 aromatic heterocycles. The normalized spacial score (nSPS) is 43.7. The van der Waals surface area contributed by atoms with E-state index in [9.17, 15) is 45.6 Å². The molecule has 0 aromatic rings. The SMILES string of the molecule is C=CC(=O)NCOC1C(OCCC2OC(OC)C(O)C(O)C2O)OC(CCOC2OC(CC)C(O)C(O)C2O)C(O)C1O. The molecule has 3 rings (SSSR count). The fourth-order valence-electron chi connectivity index (χ4n) is 5.08. The second kappa shape index (κ2) is 16.8. The number of hydrogen-bond acceptors (Lipinski definition) is 16. The number of carbonyl (C=O) groups is 1. The summed E-state index contributed by atoms with van der Waals surface area (Å²) in [4.78, 5) is 11.5. The minimum Gasteiger partial charge on any atom is -0.388 e. The zero-order chi connectivity index (χ0) is 31.8. The molecule has 0 bridgehead atoms. The molecule has 0 aliphatic carbocycles. The van der Waals surface area contributed by atoms with Gasteiger partial charge < -0.3 is 79.3 Å². The smallest absolute Gasteiger partial charge is 0.245 e. The minimum absolute atomic E-state index is 0.0132. The van der Waals surface area contributed by atoms with Gasteiger partial charge in [-0.05, 0) is 25.3 Å². The molecule has 3 saturated heterocycles. The third-order valence-electron chi connectivity index (χ3n) is 7.69. The third-order valence-corrected chi connectivity index (χ3v) is 7.69. The summed E-state index contributed by atoms with van der Waals surface area (Å²) in [5.74, 6) is -0.550. The van der Waals surface area contributed by atoms with E-state index in [4.69, 9.17) is 33.2 Å². The van der Waals surface area contributed by atoms with Crippen LogP contribution in [-0.2, 0) is 38.0 Å². The van der Waals surface area contributed by atoms with Crippen molar-refractivity contribution in [2.45, 2.75) is 118 Å². The molecule has 43 heavy (non-hydrogen) atoms. The highest BCUT2D eigenvalue weighted by molar-refractivity contribution is 5.86. The van der Waals surface area contributed by atoms with Gasteiger partial charge in [0.15, 0.2) is 18.9 Å². The van der Waals surface area contributed by atoms with Gasteiger partial charge in [-0.25, -0.2) is 0 Å². The summed E-state index contributed by atoms with van der Waals surface area (Å²) in [6.45, 7) is 4.34. The van der Waals surface area contributed by atoms with E-state index >= 15 is 0 Å². The molecule has 3 aliphatic heterocycles. The summed E-state index contributed by atoms with van der Waals surface area (Å²) >= 11 is 0. The Hall–Kier alpha value is -1.39. The van der Waals surface area contributed by atoms with E-state index in [-0.39, 0.29) is 32.8 Å². The zero-order valence-electron chi connectivity index (χ0n) is 24.0. The third kappa shape index (κ3) is 8.87. The molecule has 15 atom stereocenters. The van der Waals surface area contributed by atoms with Crippen molar-refractivity contribution in [3.8, 4) is 0 Å². The fourth-order valence-corrected chi connectivity index (χ4v) is 5.08. The van der Waals surface area contributed by atoms with E-state index in [1.807, 2.05) is 0 Å². The van der Waals surface area contributed by atoms with Gasteiger partial charge in [-0.2, -0.15) is 0 Å². The van der Waals surface area contributed by atoms with Crippen molar-refractivity contribution in [3.05, 3.63) is 12.7 Å². The van der Waals surface area contributed by atoms with Gasteiger partial charge in [0.25, 0.3) is 0 Å². The monoisotopic (exact) mass is 627 g/mol. The van der Waals surface area contributed by atoms with Crippen molar-refractivity contribution >= 4 is 5.91 Å². The molecule has 3 aliphatic rings. The van der Waals surface area contributed by atoms with E-state index in [1.165, 1.54) is 7.11 Å². The zero-order valence-corrected chi connectivity index (χ0v) is 24.0. The first-order chi connectivity index (χ1) is 20.4. The highest BCUT2D eigenvalue weighted by Gasteiger charge is 2.48. The highest BCUT2D eigenvalue weighted by Crippen LogP contribution is 2.29. The van der Waals surface area contributed by atoms with Gasteiger partial charge >= 0.3 is 0 Å². The molecule has 0 spiro atoms. The molecule has 17 nitrogen and oxygen atoms in total. The average molecular weight is 628 g/mol. The number of amides is 1. The van der Waals surface area contributed by atoms with Crippen LogP contribution < -0.4 is 5.32 Å². The van der Waals surface area contributed by atoms with Crippen LogP contribution in [-0.4, -0.2) is 166 Å². The summed E-state index contributed by atoms with van der Waals surface area (Å²) in [5, 5.41) is 84.7. The molecule has 1 amide bonds. The molecule has 17 heteroatoms. The van der Waals surface area contributed by atoms with Gasteiger partial charge in [-0.1, -0.05) is 13.5 Å². The number of hydrogen-bond donors (Lipinski definition) is 9. The maximum absolute atomic E-state index is 11.5. The van der Waals surface area contributed by atoms with Gasteiger partial charge in [-0.15, -0.1) is 0 Å². The van der Waals surface area contributed by atoms with Crippen LogP contribution in [0.1, 0.15) is 26.2 Å². The topological polar surface area (TPSA) is 256 Å². The average Bonchev–Trinajstić information content (AvgIpc) is 3.00. The predicted octanol–water partition coefficient (Wildman–Crippen LogP) is -4.44. The number of methoxy groups -OCH3 is 1. The van der Waals surface area contributed by atoms with Crippen LogP contribution in [0.3, 0.4) is 0 Å². The van der Waals surface area contributed by atoms with Crippen molar-refractivity contribution in [3.63, 3.8) is 0 Å². The second-order valence-corrected chi connectivity index (χ2v) is 10.5. The molecular weight excluding hydrogens is 582 g/mol. The largest absolute Gasteiger partial charge is 0.388 e. The maximum Gasteiger partial charge on any atom is 0.245 e. The Bertz CT molecular complexity index is 865. The summed E-state index contributed by atoms with van der Waals surface area (Å²) in [5.41, 5.74) is 0. The van der Waals surface area contributed by atoms with E-state index in [0.717, 1.165) is 6.08 Å². The van der Waals surface area contributed by atoms with Crippen LogP contribution in [0.4, 0.5) is 0 Å². The van der Waals surface area contributed by atoms with E-state index in [0.29, 0.717) is 6.42 Å². The summed E-state index contributed by atoms with van der Waals surface area (Å²) in [6.07, 6.45) is -18.4. The van der Waals surface area contributed by atoms with Crippen molar-refractivity contribution in [1.29, 1.82) is 0 Å². The Labute approximate surface area is 248 Å². The Kier molecular flexibility index (Phi) is 14.1. The first-order valence-electron chi connectivity index (χ1n) is 14.1. The van der Waals surface area contributed by atoms with Gasteiger partial charge in [0.1, 0.15) is 61.7 Å². The standard InChI is InChI=1S/C26H45NO16/c1-4-11-15(29)18(32)22(36)25(41-11)38-8-6-13-17(31)20(34)23(40-10-27-14(28)5-2)26(43-13)39-9-7-12-16(30)19(33)21(35)24(37-3)42-12/h5,11-13,15-26,29-36H,2,4,6-10H2,1,3H3,(H,27,28). The van der Waals surface area contributed by atoms with E-state index < -0.39 is 98.0 Å². The van der Waals surface area contributed by atoms with Crippen LogP contribution >= 0.6 is 0 Å². The summed E-state index contributed by atoms with van der Waals surface area (Å²) < 4.78 is 38.8. The summed E-state index contributed by atoms with van der Waals surface area (Å²) in [6, 6.07) is 0. The quantitative estimate of drug-likeness (QED) is 0.0650. The molecule has 9 N–H and O–H groups in total. The second-order valence-electron chi connectivity index (χ2n) is 10.5.